The maximum atomic E-state index is 11.7. The molecule has 0 bridgehead atoms. The Kier molecular flexibility index (Phi) is 4.39. The summed E-state index contributed by atoms with van der Waals surface area (Å²) in [5.41, 5.74) is 0.399. The molecule has 0 unspecified atom stereocenters. The minimum absolute atomic E-state index is 0.0767. The second-order valence-corrected chi connectivity index (χ2v) is 3.80. The fourth-order valence-corrected chi connectivity index (χ4v) is 1.39. The molecule has 14 heavy (non-hydrogen) atoms. The van der Waals surface area contributed by atoms with Gasteiger partial charge in [0.05, 0.1) is 6.20 Å². The standard InChI is InChI=1S/C9H13N3OS/c1-12(5-6-14-2)9(13)8-7-10-3-4-11-8/h3-4,7H,5-6H2,1-2H3. The van der Waals surface area contributed by atoms with Gasteiger partial charge in [0.1, 0.15) is 5.69 Å². The van der Waals surface area contributed by atoms with Crippen LogP contribution in [0.5, 0.6) is 0 Å². The molecule has 0 spiro atoms. The van der Waals surface area contributed by atoms with Crippen molar-refractivity contribution < 1.29 is 4.79 Å². The zero-order valence-electron chi connectivity index (χ0n) is 8.30. The predicted molar refractivity (Wildman–Crippen MR) is 57.4 cm³/mol. The molecule has 1 aromatic rings. The first kappa shape index (κ1) is 11.0. The van der Waals surface area contributed by atoms with Crippen LogP contribution in [0.4, 0.5) is 0 Å². The van der Waals surface area contributed by atoms with Gasteiger partial charge in [0.25, 0.3) is 5.91 Å². The van der Waals surface area contributed by atoms with Crippen molar-refractivity contribution in [2.75, 3.05) is 25.6 Å². The number of rotatable bonds is 4. The van der Waals surface area contributed by atoms with Crippen molar-refractivity contribution in [1.29, 1.82) is 0 Å². The van der Waals surface area contributed by atoms with E-state index < -0.39 is 0 Å². The molecule has 1 rings (SSSR count). The number of hydrogen-bond donors (Lipinski definition) is 0. The van der Waals surface area contributed by atoms with Gasteiger partial charge in [-0.05, 0) is 6.26 Å². The highest BCUT2D eigenvalue weighted by Crippen LogP contribution is 1.99. The first-order valence-electron chi connectivity index (χ1n) is 4.26. The summed E-state index contributed by atoms with van der Waals surface area (Å²) in [5.74, 6) is 0.856. The van der Waals surface area contributed by atoms with Crippen molar-refractivity contribution in [3.63, 3.8) is 0 Å². The Balaban J connectivity index is 2.57. The number of hydrogen-bond acceptors (Lipinski definition) is 4. The zero-order chi connectivity index (χ0) is 10.4. The van der Waals surface area contributed by atoms with Gasteiger partial charge in [-0.15, -0.1) is 0 Å². The van der Waals surface area contributed by atoms with Gasteiger partial charge < -0.3 is 4.90 Å². The molecular weight excluding hydrogens is 198 g/mol. The fourth-order valence-electron chi connectivity index (χ4n) is 0.935. The largest absolute Gasteiger partial charge is 0.339 e. The van der Waals surface area contributed by atoms with Crippen molar-refractivity contribution in [3.05, 3.63) is 24.3 Å². The molecule has 5 heteroatoms. The highest BCUT2D eigenvalue weighted by molar-refractivity contribution is 7.98. The van der Waals surface area contributed by atoms with Crippen LogP contribution >= 0.6 is 11.8 Å². The average Bonchev–Trinajstić information content (AvgIpc) is 2.26. The Morgan fingerprint density at radius 2 is 2.36 bits per heavy atom. The molecule has 0 aromatic carbocycles. The van der Waals surface area contributed by atoms with E-state index in [1.165, 1.54) is 12.4 Å². The van der Waals surface area contributed by atoms with Gasteiger partial charge in [-0.25, -0.2) is 4.98 Å². The molecule has 0 radical (unpaired) electrons. The van der Waals surface area contributed by atoms with Crippen LogP contribution in [0.25, 0.3) is 0 Å². The molecule has 1 heterocycles. The smallest absolute Gasteiger partial charge is 0.273 e. The van der Waals surface area contributed by atoms with E-state index in [1.54, 1.807) is 29.9 Å². The summed E-state index contributed by atoms with van der Waals surface area (Å²) in [6, 6.07) is 0. The first-order valence-corrected chi connectivity index (χ1v) is 5.65. The van der Waals surface area contributed by atoms with E-state index in [9.17, 15) is 4.79 Å². The SMILES string of the molecule is CSCCN(C)C(=O)c1cnccn1. The third kappa shape index (κ3) is 2.99. The van der Waals surface area contributed by atoms with Gasteiger partial charge in [0, 0.05) is 31.7 Å². The summed E-state index contributed by atoms with van der Waals surface area (Å²) >= 11 is 1.71. The van der Waals surface area contributed by atoms with Crippen molar-refractivity contribution in [2.45, 2.75) is 0 Å². The Hall–Kier alpha value is -1.10. The molecule has 0 atom stereocenters. The third-order valence-corrected chi connectivity index (χ3v) is 2.35. The minimum Gasteiger partial charge on any atom is -0.339 e. The fraction of sp³-hybridized carbons (Fsp3) is 0.444. The lowest BCUT2D eigenvalue weighted by molar-refractivity contribution is 0.0797. The number of amides is 1. The van der Waals surface area contributed by atoms with Gasteiger partial charge in [-0.2, -0.15) is 11.8 Å². The Morgan fingerprint density at radius 1 is 1.57 bits per heavy atom. The second kappa shape index (κ2) is 5.59. The molecule has 0 saturated carbocycles. The van der Waals surface area contributed by atoms with Crippen LogP contribution in [-0.4, -0.2) is 46.4 Å². The molecule has 0 aliphatic heterocycles. The van der Waals surface area contributed by atoms with Crippen LogP contribution in [0.2, 0.25) is 0 Å². The summed E-state index contributed by atoms with van der Waals surface area (Å²) < 4.78 is 0. The van der Waals surface area contributed by atoms with E-state index in [-0.39, 0.29) is 5.91 Å². The molecular formula is C9H13N3OS. The minimum atomic E-state index is -0.0767. The number of thioether (sulfide) groups is 1. The first-order chi connectivity index (χ1) is 6.75. The molecule has 0 N–H and O–H groups in total. The maximum Gasteiger partial charge on any atom is 0.273 e. The Labute approximate surface area is 87.7 Å². The van der Waals surface area contributed by atoms with Crippen molar-refractivity contribution in [3.8, 4) is 0 Å². The monoisotopic (exact) mass is 211 g/mol. The molecule has 4 nitrogen and oxygen atoms in total. The average molecular weight is 211 g/mol. The van der Waals surface area contributed by atoms with Crippen LogP contribution in [0, 0.1) is 0 Å². The second-order valence-electron chi connectivity index (χ2n) is 2.81. The van der Waals surface area contributed by atoms with E-state index in [0.717, 1.165) is 12.3 Å². The lowest BCUT2D eigenvalue weighted by atomic mass is 10.4. The molecule has 0 saturated heterocycles. The molecule has 1 amide bonds. The number of carbonyl (C=O) groups is 1. The Bertz CT molecular complexity index is 291. The Morgan fingerprint density at radius 3 is 2.93 bits per heavy atom. The van der Waals surface area contributed by atoms with Gasteiger partial charge in [-0.3, -0.25) is 9.78 Å². The maximum absolute atomic E-state index is 11.7. The van der Waals surface area contributed by atoms with E-state index in [4.69, 9.17) is 0 Å². The molecule has 0 fully saturated rings. The highest BCUT2D eigenvalue weighted by atomic mass is 32.2. The number of aromatic nitrogens is 2. The lowest BCUT2D eigenvalue weighted by Crippen LogP contribution is -2.29. The van der Waals surface area contributed by atoms with Crippen molar-refractivity contribution in [1.82, 2.24) is 14.9 Å². The molecule has 76 valence electrons. The van der Waals surface area contributed by atoms with Gasteiger partial charge in [0.15, 0.2) is 0 Å². The van der Waals surface area contributed by atoms with Gasteiger partial charge in [0.2, 0.25) is 0 Å². The van der Waals surface area contributed by atoms with Crippen LogP contribution in [-0.2, 0) is 0 Å². The summed E-state index contributed by atoms with van der Waals surface area (Å²) in [6.45, 7) is 0.733. The van der Waals surface area contributed by atoms with E-state index in [1.807, 2.05) is 6.26 Å². The van der Waals surface area contributed by atoms with Crippen LogP contribution < -0.4 is 0 Å². The molecule has 1 aromatic heterocycles. The molecule has 0 aliphatic carbocycles. The van der Waals surface area contributed by atoms with E-state index in [0.29, 0.717) is 5.69 Å². The summed E-state index contributed by atoms with van der Waals surface area (Å²) in [7, 11) is 1.77. The summed E-state index contributed by atoms with van der Waals surface area (Å²) in [4.78, 5) is 21.1. The summed E-state index contributed by atoms with van der Waals surface area (Å²) in [6.07, 6.45) is 6.58. The number of carbonyl (C=O) groups excluding carboxylic acids is 1. The topological polar surface area (TPSA) is 46.1 Å². The predicted octanol–water partition coefficient (Wildman–Crippen LogP) is 0.912. The summed E-state index contributed by atoms with van der Waals surface area (Å²) in [5, 5.41) is 0. The third-order valence-electron chi connectivity index (χ3n) is 1.76. The quantitative estimate of drug-likeness (QED) is 0.742. The van der Waals surface area contributed by atoms with Gasteiger partial charge in [-0.1, -0.05) is 0 Å². The van der Waals surface area contributed by atoms with E-state index >= 15 is 0 Å². The normalized spacial score (nSPS) is 9.86. The van der Waals surface area contributed by atoms with Gasteiger partial charge >= 0.3 is 0 Å². The van der Waals surface area contributed by atoms with Crippen LogP contribution in [0.15, 0.2) is 18.6 Å². The van der Waals surface area contributed by atoms with Crippen molar-refractivity contribution in [2.24, 2.45) is 0 Å². The van der Waals surface area contributed by atoms with E-state index in [2.05, 4.69) is 9.97 Å². The highest BCUT2D eigenvalue weighted by Gasteiger charge is 2.11. The number of nitrogens with zero attached hydrogens (tertiary/aromatic N) is 3. The van der Waals surface area contributed by atoms with Crippen LogP contribution in [0.1, 0.15) is 10.5 Å². The lowest BCUT2D eigenvalue weighted by Gasteiger charge is -2.15. The van der Waals surface area contributed by atoms with Crippen LogP contribution in [0.3, 0.4) is 0 Å². The van der Waals surface area contributed by atoms with Crippen molar-refractivity contribution >= 4 is 17.7 Å². The zero-order valence-corrected chi connectivity index (χ0v) is 9.12. The molecule has 0 aliphatic rings.